The van der Waals surface area contributed by atoms with Crippen molar-refractivity contribution in [1.29, 1.82) is 0 Å². The average Bonchev–Trinajstić information content (AvgIpc) is 3.16. The fraction of sp³-hybridized carbons (Fsp3) is 0.429. The highest BCUT2D eigenvalue weighted by Gasteiger charge is 2.29. The van der Waals surface area contributed by atoms with Crippen LogP contribution in [0.2, 0.25) is 0 Å². The molecule has 32 heavy (non-hydrogen) atoms. The molecule has 0 saturated carbocycles. The van der Waals surface area contributed by atoms with E-state index in [2.05, 4.69) is 33.6 Å². The number of aromatic amines is 1. The second-order valence-electron chi connectivity index (χ2n) is 7.76. The topological polar surface area (TPSA) is 166 Å². The summed E-state index contributed by atoms with van der Waals surface area (Å²) in [5.41, 5.74) is 7.88. The first kappa shape index (κ1) is 25.2. The lowest BCUT2D eigenvalue weighted by atomic mass is 10.0. The number of carbonyl (C=O) groups excluding carboxylic acids is 3. The van der Waals surface area contributed by atoms with Crippen molar-refractivity contribution in [2.75, 3.05) is 12.3 Å². The van der Waals surface area contributed by atoms with Gasteiger partial charge in [0.05, 0.1) is 6.04 Å². The molecule has 7 N–H and O–H groups in total. The maximum absolute atomic E-state index is 12.7. The number of aromatic nitrogens is 1. The number of carboxylic acids is 1. The van der Waals surface area contributed by atoms with Crippen molar-refractivity contribution in [3.8, 4) is 0 Å². The first-order valence-electron chi connectivity index (χ1n) is 10.2. The molecule has 10 nitrogen and oxygen atoms in total. The molecule has 0 bridgehead atoms. The lowest BCUT2D eigenvalue weighted by Crippen LogP contribution is -2.58. The smallest absolute Gasteiger partial charge is 0.322 e. The van der Waals surface area contributed by atoms with Gasteiger partial charge in [0.15, 0.2) is 0 Å². The molecule has 1 heterocycles. The van der Waals surface area contributed by atoms with Gasteiger partial charge in [-0.05, 0) is 24.0 Å². The third kappa shape index (κ3) is 6.72. The Hall–Kier alpha value is -3.05. The fourth-order valence-corrected chi connectivity index (χ4v) is 3.42. The Kier molecular flexibility index (Phi) is 9.09. The number of aliphatic carboxylic acids is 1. The van der Waals surface area contributed by atoms with Crippen LogP contribution in [0.15, 0.2) is 30.5 Å². The zero-order chi connectivity index (χ0) is 23.8. The van der Waals surface area contributed by atoms with Gasteiger partial charge in [0.25, 0.3) is 0 Å². The minimum atomic E-state index is -1.20. The van der Waals surface area contributed by atoms with Gasteiger partial charge in [0, 0.05) is 22.9 Å². The maximum Gasteiger partial charge on any atom is 0.322 e. The number of thiol groups is 1. The zero-order valence-corrected chi connectivity index (χ0v) is 18.8. The third-order valence-corrected chi connectivity index (χ3v) is 5.29. The van der Waals surface area contributed by atoms with E-state index in [1.54, 1.807) is 20.0 Å². The third-order valence-electron chi connectivity index (χ3n) is 4.93. The van der Waals surface area contributed by atoms with E-state index in [4.69, 9.17) is 10.8 Å². The van der Waals surface area contributed by atoms with E-state index in [-0.39, 0.29) is 18.1 Å². The van der Waals surface area contributed by atoms with E-state index in [1.165, 1.54) is 0 Å². The highest BCUT2D eigenvalue weighted by Crippen LogP contribution is 2.18. The van der Waals surface area contributed by atoms with Crippen molar-refractivity contribution in [3.05, 3.63) is 36.0 Å². The highest BCUT2D eigenvalue weighted by atomic mass is 32.1. The molecule has 1 aromatic heterocycles. The van der Waals surface area contributed by atoms with E-state index < -0.39 is 48.4 Å². The molecule has 2 aromatic rings. The summed E-state index contributed by atoms with van der Waals surface area (Å²) < 4.78 is 0. The number of amides is 3. The van der Waals surface area contributed by atoms with E-state index >= 15 is 0 Å². The molecule has 3 amide bonds. The molecule has 0 radical (unpaired) electrons. The first-order chi connectivity index (χ1) is 15.1. The zero-order valence-electron chi connectivity index (χ0n) is 17.9. The normalized spacial score (nSPS) is 13.9. The van der Waals surface area contributed by atoms with Crippen molar-refractivity contribution < 1.29 is 24.3 Å². The van der Waals surface area contributed by atoms with Gasteiger partial charge in [0.2, 0.25) is 17.7 Å². The van der Waals surface area contributed by atoms with Crippen LogP contribution < -0.4 is 21.7 Å². The van der Waals surface area contributed by atoms with E-state index in [1.807, 2.05) is 24.3 Å². The van der Waals surface area contributed by atoms with Crippen molar-refractivity contribution in [1.82, 2.24) is 20.9 Å². The predicted molar refractivity (Wildman–Crippen MR) is 123 cm³/mol. The van der Waals surface area contributed by atoms with E-state index in [0.717, 1.165) is 16.5 Å². The van der Waals surface area contributed by atoms with Gasteiger partial charge in [-0.25, -0.2) is 0 Å². The number of carbonyl (C=O) groups is 4. The summed E-state index contributed by atoms with van der Waals surface area (Å²) in [5.74, 6) is -3.29. The van der Waals surface area contributed by atoms with E-state index in [0.29, 0.717) is 0 Å². The fourth-order valence-electron chi connectivity index (χ4n) is 3.16. The number of hydrogen-bond donors (Lipinski definition) is 7. The molecule has 0 aliphatic rings. The second-order valence-corrected chi connectivity index (χ2v) is 8.12. The highest BCUT2D eigenvalue weighted by molar-refractivity contribution is 7.80. The molecule has 3 unspecified atom stereocenters. The Morgan fingerprint density at radius 2 is 1.78 bits per heavy atom. The molecule has 0 spiro atoms. The number of benzene rings is 1. The number of nitrogens with two attached hydrogens (primary N) is 1. The van der Waals surface area contributed by atoms with Crippen LogP contribution in [0, 0.1) is 5.92 Å². The lowest BCUT2D eigenvalue weighted by Gasteiger charge is -2.25. The Bertz CT molecular complexity index is 976. The number of carboxylic acid groups (broad SMARTS) is 1. The number of fused-ring (bicyclic) bond motifs is 1. The standard InChI is InChI=1S/C21H29N5O5S/c1-11(2)18(21(31)24-9-17(27)28)26-20(30)16(10-32)25-19(29)14(22)7-12-8-23-15-6-4-3-5-13(12)15/h3-6,8,11,14,16,18,23,32H,7,9-10,22H2,1-2H3,(H,24,31)(H,25,29)(H,26,30)(H,27,28). The maximum atomic E-state index is 12.7. The Morgan fingerprint density at radius 3 is 2.41 bits per heavy atom. The Balaban J connectivity index is 1.99. The first-order valence-corrected chi connectivity index (χ1v) is 10.8. The summed E-state index contributed by atoms with van der Waals surface area (Å²) in [5, 5.41) is 17.0. The number of H-pyrrole nitrogens is 1. The van der Waals surface area contributed by atoms with Crippen LogP contribution in [0.3, 0.4) is 0 Å². The van der Waals surface area contributed by atoms with Crippen molar-refractivity contribution in [3.63, 3.8) is 0 Å². The second kappa shape index (κ2) is 11.5. The quantitative estimate of drug-likeness (QED) is 0.228. The molecule has 2 rings (SSSR count). The van der Waals surface area contributed by atoms with Crippen LogP contribution in [0.5, 0.6) is 0 Å². The van der Waals surface area contributed by atoms with Crippen LogP contribution in [-0.4, -0.2) is 64.2 Å². The Morgan fingerprint density at radius 1 is 1.09 bits per heavy atom. The van der Waals surface area contributed by atoms with E-state index in [9.17, 15) is 19.2 Å². The van der Waals surface area contributed by atoms with Crippen LogP contribution >= 0.6 is 12.6 Å². The van der Waals surface area contributed by atoms with Gasteiger partial charge in [-0.3, -0.25) is 19.2 Å². The summed E-state index contributed by atoms with van der Waals surface area (Å²) in [6.07, 6.45) is 2.06. The lowest BCUT2D eigenvalue weighted by molar-refractivity contribution is -0.138. The number of rotatable bonds is 11. The van der Waals surface area contributed by atoms with Crippen LogP contribution in [0.4, 0.5) is 0 Å². The molecule has 0 fully saturated rings. The van der Waals surface area contributed by atoms with Gasteiger partial charge < -0.3 is 31.8 Å². The van der Waals surface area contributed by atoms with Crippen molar-refractivity contribution >= 4 is 47.2 Å². The summed E-state index contributed by atoms with van der Waals surface area (Å²) in [7, 11) is 0. The summed E-state index contributed by atoms with van der Waals surface area (Å²) in [6, 6.07) is 4.75. The Labute approximate surface area is 191 Å². The minimum absolute atomic E-state index is 0.0149. The summed E-state index contributed by atoms with van der Waals surface area (Å²) in [6.45, 7) is 2.85. The monoisotopic (exact) mass is 463 g/mol. The molecular weight excluding hydrogens is 434 g/mol. The van der Waals surface area contributed by atoms with Crippen LogP contribution in [-0.2, 0) is 25.6 Å². The summed E-state index contributed by atoms with van der Waals surface area (Å²) >= 11 is 4.13. The minimum Gasteiger partial charge on any atom is -0.480 e. The van der Waals surface area contributed by atoms with Crippen LogP contribution in [0.25, 0.3) is 10.9 Å². The molecule has 11 heteroatoms. The summed E-state index contributed by atoms with van der Waals surface area (Å²) in [4.78, 5) is 51.3. The molecule has 174 valence electrons. The van der Waals surface area contributed by atoms with Crippen molar-refractivity contribution in [2.45, 2.75) is 38.4 Å². The van der Waals surface area contributed by atoms with Crippen LogP contribution in [0.1, 0.15) is 19.4 Å². The predicted octanol–water partition coefficient (Wildman–Crippen LogP) is -0.206. The molecular formula is C21H29N5O5S. The van der Waals surface area contributed by atoms with Gasteiger partial charge in [-0.15, -0.1) is 0 Å². The molecule has 0 saturated heterocycles. The molecule has 3 atom stereocenters. The van der Waals surface area contributed by atoms with Gasteiger partial charge >= 0.3 is 5.97 Å². The van der Waals surface area contributed by atoms with Crippen molar-refractivity contribution in [2.24, 2.45) is 11.7 Å². The van der Waals surface area contributed by atoms with Gasteiger partial charge in [-0.1, -0.05) is 32.0 Å². The molecule has 1 aromatic carbocycles. The average molecular weight is 464 g/mol. The number of hydrogen-bond acceptors (Lipinski definition) is 6. The largest absolute Gasteiger partial charge is 0.480 e. The van der Waals surface area contributed by atoms with Gasteiger partial charge in [0.1, 0.15) is 18.6 Å². The number of para-hydroxylation sites is 1. The molecule has 0 aliphatic carbocycles. The molecule has 0 aliphatic heterocycles. The SMILES string of the molecule is CC(C)C(NC(=O)C(CS)NC(=O)C(N)Cc1c[nH]c2ccccc12)C(=O)NCC(=O)O. The van der Waals surface area contributed by atoms with Gasteiger partial charge in [-0.2, -0.15) is 12.6 Å². The number of nitrogens with one attached hydrogen (secondary N) is 4.